The van der Waals surface area contributed by atoms with E-state index in [1.165, 1.54) is 4.35 Å². The first kappa shape index (κ1) is 11.0. The van der Waals surface area contributed by atoms with Crippen molar-refractivity contribution in [1.29, 1.82) is 0 Å². The van der Waals surface area contributed by atoms with Gasteiger partial charge in [0.2, 0.25) is 0 Å². The Labute approximate surface area is 99.3 Å². The van der Waals surface area contributed by atoms with Crippen molar-refractivity contribution >= 4 is 27.0 Å². The van der Waals surface area contributed by atoms with Crippen molar-refractivity contribution in [2.45, 2.75) is 26.1 Å². The molecule has 1 aliphatic rings. The van der Waals surface area contributed by atoms with E-state index in [1.807, 2.05) is 6.20 Å². The van der Waals surface area contributed by atoms with Gasteiger partial charge in [0.15, 0.2) is 0 Å². The first-order chi connectivity index (χ1) is 7.15. The van der Waals surface area contributed by atoms with Crippen molar-refractivity contribution in [2.75, 3.05) is 18.0 Å². The average Bonchev–Trinajstić information content (AvgIpc) is 2.17. The molecule has 0 aromatic carbocycles. The molecular weight excluding hydrogens is 251 g/mol. The second kappa shape index (κ2) is 4.54. The number of morpholine rings is 1. The maximum atomic E-state index is 5.70. The van der Waals surface area contributed by atoms with Gasteiger partial charge in [-0.1, -0.05) is 0 Å². The SMILES string of the molecule is C[C@@H]1CN(c2ccc([AsH2])cn2)C[C@H](C)O1. The van der Waals surface area contributed by atoms with Crippen molar-refractivity contribution in [1.82, 2.24) is 4.98 Å². The summed E-state index contributed by atoms with van der Waals surface area (Å²) in [5.41, 5.74) is 0. The normalized spacial score (nSPS) is 26.7. The van der Waals surface area contributed by atoms with Crippen LogP contribution in [0.15, 0.2) is 18.3 Å². The van der Waals surface area contributed by atoms with E-state index in [9.17, 15) is 0 Å². The predicted octanol–water partition coefficient (Wildman–Crippen LogP) is -0.0464. The summed E-state index contributed by atoms with van der Waals surface area (Å²) < 4.78 is 6.96. The van der Waals surface area contributed by atoms with Gasteiger partial charge in [0.05, 0.1) is 0 Å². The molecule has 1 aliphatic heterocycles. The molecule has 1 aromatic heterocycles. The Morgan fingerprint density at radius 1 is 1.33 bits per heavy atom. The monoisotopic (exact) mass is 268 g/mol. The van der Waals surface area contributed by atoms with Gasteiger partial charge in [-0.3, -0.25) is 0 Å². The topological polar surface area (TPSA) is 25.4 Å². The standard InChI is InChI=1S/C11H17AsN2O/c1-8-6-14(7-9(2)15-8)11-4-3-10(12)5-13-11/h3-5,8-9H,6-7,12H2,1-2H3/t8-,9+. The molecule has 0 N–H and O–H groups in total. The third-order valence-corrected chi connectivity index (χ3v) is 3.23. The summed E-state index contributed by atoms with van der Waals surface area (Å²) in [7, 11) is 0. The molecule has 2 heterocycles. The number of anilines is 1. The average molecular weight is 268 g/mol. The first-order valence-electron chi connectivity index (χ1n) is 5.27. The second-order valence-electron chi connectivity index (χ2n) is 4.11. The van der Waals surface area contributed by atoms with E-state index in [4.69, 9.17) is 4.74 Å². The molecule has 3 nitrogen and oxygen atoms in total. The Kier molecular flexibility index (Phi) is 3.32. The molecule has 1 saturated heterocycles. The zero-order valence-corrected chi connectivity index (χ0v) is 11.6. The van der Waals surface area contributed by atoms with Crippen LogP contribution in [-0.2, 0) is 4.74 Å². The molecule has 0 radical (unpaired) electrons. The minimum atomic E-state index is 0.293. The zero-order chi connectivity index (χ0) is 10.8. The van der Waals surface area contributed by atoms with Crippen LogP contribution in [0.25, 0.3) is 0 Å². The molecule has 3 atom stereocenters. The van der Waals surface area contributed by atoms with E-state index in [-0.39, 0.29) is 0 Å². The number of ether oxygens (including phenoxy) is 1. The van der Waals surface area contributed by atoms with Crippen molar-refractivity contribution < 1.29 is 4.74 Å². The molecule has 0 saturated carbocycles. The van der Waals surface area contributed by atoms with Gasteiger partial charge in [0.25, 0.3) is 0 Å². The van der Waals surface area contributed by atoms with Crippen LogP contribution in [0, 0.1) is 0 Å². The summed E-state index contributed by atoms with van der Waals surface area (Å²) >= 11 is 1.61. The molecule has 0 spiro atoms. The van der Waals surface area contributed by atoms with Crippen LogP contribution in [0.3, 0.4) is 0 Å². The number of hydrogen-bond donors (Lipinski definition) is 0. The molecule has 1 aromatic rings. The quantitative estimate of drug-likeness (QED) is 0.668. The molecule has 1 unspecified atom stereocenters. The fourth-order valence-corrected chi connectivity index (χ4v) is 2.31. The van der Waals surface area contributed by atoms with Crippen LogP contribution in [0.2, 0.25) is 0 Å². The Hall–Kier alpha value is -0.532. The van der Waals surface area contributed by atoms with Gasteiger partial charge in [0.1, 0.15) is 0 Å². The fraction of sp³-hybridized carbons (Fsp3) is 0.545. The van der Waals surface area contributed by atoms with E-state index >= 15 is 0 Å². The van der Waals surface area contributed by atoms with Crippen LogP contribution in [0.1, 0.15) is 13.8 Å². The predicted molar refractivity (Wildman–Crippen MR) is 64.6 cm³/mol. The van der Waals surface area contributed by atoms with Crippen LogP contribution >= 0.6 is 0 Å². The van der Waals surface area contributed by atoms with Gasteiger partial charge in [-0.05, 0) is 0 Å². The molecule has 2 rings (SSSR count). The van der Waals surface area contributed by atoms with Gasteiger partial charge < -0.3 is 0 Å². The van der Waals surface area contributed by atoms with E-state index in [0.29, 0.717) is 12.2 Å². The summed E-state index contributed by atoms with van der Waals surface area (Å²) in [5, 5.41) is 0. The van der Waals surface area contributed by atoms with E-state index in [1.54, 1.807) is 16.9 Å². The van der Waals surface area contributed by atoms with Crippen LogP contribution < -0.4 is 9.25 Å². The molecule has 0 bridgehead atoms. The summed E-state index contributed by atoms with van der Waals surface area (Å²) in [4.78, 5) is 6.75. The van der Waals surface area contributed by atoms with Crippen molar-refractivity contribution in [3.05, 3.63) is 18.3 Å². The van der Waals surface area contributed by atoms with Gasteiger partial charge in [-0.15, -0.1) is 0 Å². The fourth-order valence-electron chi connectivity index (χ4n) is 1.95. The van der Waals surface area contributed by atoms with Gasteiger partial charge >= 0.3 is 99.1 Å². The molecule has 1 fully saturated rings. The third-order valence-electron chi connectivity index (χ3n) is 2.51. The summed E-state index contributed by atoms with van der Waals surface area (Å²) in [6, 6.07) is 4.23. The Morgan fingerprint density at radius 3 is 2.53 bits per heavy atom. The van der Waals surface area contributed by atoms with E-state index in [2.05, 4.69) is 35.9 Å². The molecule has 0 aliphatic carbocycles. The number of hydrogen-bond acceptors (Lipinski definition) is 3. The number of pyridine rings is 1. The summed E-state index contributed by atoms with van der Waals surface area (Å²) in [5.74, 6) is 1.07. The van der Waals surface area contributed by atoms with E-state index in [0.717, 1.165) is 18.9 Å². The second-order valence-corrected chi connectivity index (χ2v) is 5.51. The van der Waals surface area contributed by atoms with Crippen LogP contribution in [-0.4, -0.2) is 47.1 Å². The Bertz CT molecular complexity index is 318. The molecule has 4 heteroatoms. The Morgan fingerprint density at radius 2 is 2.00 bits per heavy atom. The minimum absolute atomic E-state index is 0.293. The first-order valence-corrected chi connectivity index (χ1v) is 6.48. The molecular formula is C11H17AsN2O. The Balaban J connectivity index is 2.12. The summed E-state index contributed by atoms with van der Waals surface area (Å²) in [6.07, 6.45) is 2.53. The summed E-state index contributed by atoms with van der Waals surface area (Å²) in [6.45, 7) is 6.09. The number of nitrogens with zero attached hydrogens (tertiary/aromatic N) is 2. The van der Waals surface area contributed by atoms with Crippen molar-refractivity contribution in [3.63, 3.8) is 0 Å². The maximum absolute atomic E-state index is 5.70. The van der Waals surface area contributed by atoms with Gasteiger partial charge in [-0.25, -0.2) is 0 Å². The van der Waals surface area contributed by atoms with E-state index < -0.39 is 0 Å². The molecule has 82 valence electrons. The zero-order valence-electron chi connectivity index (χ0n) is 9.18. The van der Waals surface area contributed by atoms with Crippen molar-refractivity contribution in [3.8, 4) is 0 Å². The van der Waals surface area contributed by atoms with Crippen molar-refractivity contribution in [2.24, 2.45) is 0 Å². The number of rotatable bonds is 1. The van der Waals surface area contributed by atoms with Gasteiger partial charge in [-0.2, -0.15) is 0 Å². The van der Waals surface area contributed by atoms with Crippen LogP contribution in [0.4, 0.5) is 5.82 Å². The van der Waals surface area contributed by atoms with Crippen LogP contribution in [0.5, 0.6) is 0 Å². The third kappa shape index (κ3) is 2.73. The molecule has 15 heavy (non-hydrogen) atoms. The number of aromatic nitrogens is 1. The molecule has 0 amide bonds. The van der Waals surface area contributed by atoms with Gasteiger partial charge in [0, 0.05) is 0 Å².